The number of esters is 1. The van der Waals surface area contributed by atoms with Crippen molar-refractivity contribution >= 4 is 26.4 Å². The van der Waals surface area contributed by atoms with Crippen molar-refractivity contribution in [1.82, 2.24) is 0 Å². The zero-order valence-corrected chi connectivity index (χ0v) is 15.4. The first-order valence-corrected chi connectivity index (χ1v) is 10.2. The molecule has 120 valence electrons. The first-order valence-electron chi connectivity index (χ1n) is 7.32. The Bertz CT molecular complexity index is 566. The fraction of sp³-hybridized carbons (Fsp3) is 0.389. The van der Waals surface area contributed by atoms with Gasteiger partial charge in [0.15, 0.2) is 0 Å². The van der Waals surface area contributed by atoms with Crippen molar-refractivity contribution in [3.8, 4) is 11.5 Å². The van der Waals surface area contributed by atoms with Crippen LogP contribution in [0.2, 0.25) is 18.1 Å². The van der Waals surface area contributed by atoms with Crippen LogP contribution in [0.5, 0.6) is 11.5 Å². The van der Waals surface area contributed by atoms with Gasteiger partial charge in [-0.2, -0.15) is 0 Å². The van der Waals surface area contributed by atoms with Crippen LogP contribution in [-0.2, 0) is 4.79 Å². The molecule has 1 aromatic rings. The standard InChI is InChI=1S/C18H26O3Si/c1-9-14-11-16(21-22(7,8)18(4,5)6)12-15(10-2)17(14)20-13(3)19/h9-12H,1-2H2,3-8H3. The molecule has 22 heavy (non-hydrogen) atoms. The summed E-state index contributed by atoms with van der Waals surface area (Å²) >= 11 is 0. The molecular formula is C18H26O3Si. The lowest BCUT2D eigenvalue weighted by atomic mass is 10.1. The van der Waals surface area contributed by atoms with Gasteiger partial charge in [-0.05, 0) is 30.3 Å². The molecule has 0 fully saturated rings. The van der Waals surface area contributed by atoms with Gasteiger partial charge in [-0.3, -0.25) is 4.79 Å². The molecule has 0 N–H and O–H groups in total. The van der Waals surface area contributed by atoms with Gasteiger partial charge in [-0.15, -0.1) is 0 Å². The van der Waals surface area contributed by atoms with E-state index in [0.29, 0.717) is 5.75 Å². The van der Waals surface area contributed by atoms with Gasteiger partial charge in [0.05, 0.1) is 0 Å². The second-order valence-corrected chi connectivity index (χ2v) is 11.5. The van der Waals surface area contributed by atoms with Crippen LogP contribution < -0.4 is 9.16 Å². The maximum atomic E-state index is 11.3. The third-order valence-electron chi connectivity index (χ3n) is 3.98. The average molecular weight is 318 g/mol. The van der Waals surface area contributed by atoms with E-state index in [1.807, 2.05) is 12.1 Å². The highest BCUT2D eigenvalue weighted by atomic mass is 28.4. The number of carbonyl (C=O) groups excluding carboxylic acids is 1. The van der Waals surface area contributed by atoms with E-state index in [2.05, 4.69) is 47.0 Å². The number of ether oxygens (including phenoxy) is 1. The van der Waals surface area contributed by atoms with Gasteiger partial charge < -0.3 is 9.16 Å². The lowest BCUT2D eigenvalue weighted by Gasteiger charge is -2.36. The Kier molecular flexibility index (Phi) is 5.41. The molecule has 1 aromatic carbocycles. The highest BCUT2D eigenvalue weighted by Gasteiger charge is 2.39. The van der Waals surface area contributed by atoms with Gasteiger partial charge in [0.1, 0.15) is 11.5 Å². The van der Waals surface area contributed by atoms with Gasteiger partial charge >= 0.3 is 5.97 Å². The summed E-state index contributed by atoms with van der Waals surface area (Å²) in [6, 6.07) is 3.72. The third kappa shape index (κ3) is 4.10. The minimum atomic E-state index is -1.94. The molecule has 0 aliphatic carbocycles. The Morgan fingerprint density at radius 1 is 1.14 bits per heavy atom. The van der Waals surface area contributed by atoms with E-state index in [4.69, 9.17) is 9.16 Å². The SMILES string of the molecule is C=Cc1cc(O[Si](C)(C)C(C)(C)C)cc(C=C)c1OC(C)=O. The van der Waals surface area contributed by atoms with Gasteiger partial charge in [0.2, 0.25) is 8.32 Å². The maximum absolute atomic E-state index is 11.3. The molecule has 0 amide bonds. The van der Waals surface area contributed by atoms with Crippen LogP contribution in [0.25, 0.3) is 12.2 Å². The molecule has 0 aliphatic heterocycles. The molecule has 0 radical (unpaired) electrons. The first kappa shape index (κ1) is 18.2. The van der Waals surface area contributed by atoms with E-state index in [0.717, 1.165) is 16.9 Å². The second kappa shape index (κ2) is 6.52. The summed E-state index contributed by atoms with van der Waals surface area (Å²) in [5.41, 5.74) is 1.45. The van der Waals surface area contributed by atoms with Gasteiger partial charge in [0, 0.05) is 18.1 Å². The minimum Gasteiger partial charge on any atom is -0.543 e. The van der Waals surface area contributed by atoms with Gasteiger partial charge in [-0.25, -0.2) is 0 Å². The molecule has 4 heteroatoms. The monoisotopic (exact) mass is 318 g/mol. The molecule has 1 rings (SSSR count). The van der Waals surface area contributed by atoms with Crippen LogP contribution in [0.15, 0.2) is 25.3 Å². The number of benzene rings is 1. The van der Waals surface area contributed by atoms with Crippen LogP contribution in [0.4, 0.5) is 0 Å². The van der Waals surface area contributed by atoms with E-state index in [1.54, 1.807) is 12.2 Å². The molecule has 0 saturated heterocycles. The smallest absolute Gasteiger partial charge is 0.308 e. The molecule has 0 aromatic heterocycles. The Labute approximate surface area is 134 Å². The van der Waals surface area contributed by atoms with Crippen LogP contribution in [0, 0.1) is 0 Å². The molecule has 0 heterocycles. The Hall–Kier alpha value is -1.81. The van der Waals surface area contributed by atoms with Crippen molar-refractivity contribution < 1.29 is 14.0 Å². The lowest BCUT2D eigenvalue weighted by molar-refractivity contribution is -0.131. The fourth-order valence-electron chi connectivity index (χ4n) is 1.72. The van der Waals surface area contributed by atoms with Crippen LogP contribution in [-0.4, -0.2) is 14.3 Å². The van der Waals surface area contributed by atoms with E-state index in [9.17, 15) is 4.79 Å². The highest BCUT2D eigenvalue weighted by molar-refractivity contribution is 6.74. The first-order chi connectivity index (χ1) is 10.0. The van der Waals surface area contributed by atoms with Crippen molar-refractivity contribution in [2.45, 2.75) is 45.8 Å². The summed E-state index contributed by atoms with van der Waals surface area (Å²) < 4.78 is 11.6. The molecule has 0 bridgehead atoms. The molecule has 3 nitrogen and oxygen atoms in total. The Morgan fingerprint density at radius 2 is 1.59 bits per heavy atom. The summed E-state index contributed by atoms with van der Waals surface area (Å²) in [6.07, 6.45) is 3.31. The summed E-state index contributed by atoms with van der Waals surface area (Å²) in [5, 5.41) is 0.101. The maximum Gasteiger partial charge on any atom is 0.308 e. The summed E-state index contributed by atoms with van der Waals surface area (Å²) in [4.78, 5) is 11.3. The van der Waals surface area contributed by atoms with E-state index < -0.39 is 8.32 Å². The number of rotatable bonds is 5. The molecule has 0 aliphatic rings. The molecule has 0 unspecified atom stereocenters. The van der Waals surface area contributed by atoms with Crippen LogP contribution in [0.3, 0.4) is 0 Å². The predicted molar refractivity (Wildman–Crippen MR) is 95.8 cm³/mol. The third-order valence-corrected chi connectivity index (χ3v) is 8.34. The molecule has 0 saturated carbocycles. The summed E-state index contributed by atoms with van der Waals surface area (Å²) in [5.74, 6) is 0.858. The summed E-state index contributed by atoms with van der Waals surface area (Å²) in [7, 11) is -1.94. The van der Waals surface area contributed by atoms with E-state index in [-0.39, 0.29) is 11.0 Å². The normalized spacial score (nSPS) is 11.7. The van der Waals surface area contributed by atoms with Crippen molar-refractivity contribution in [3.63, 3.8) is 0 Å². The quantitative estimate of drug-likeness (QED) is 0.421. The van der Waals surface area contributed by atoms with Crippen LogP contribution in [0.1, 0.15) is 38.8 Å². The van der Waals surface area contributed by atoms with Gasteiger partial charge in [0.25, 0.3) is 0 Å². The molecule has 0 atom stereocenters. The topological polar surface area (TPSA) is 35.5 Å². The number of carbonyl (C=O) groups is 1. The Balaban J connectivity index is 3.33. The lowest BCUT2D eigenvalue weighted by Crippen LogP contribution is -2.43. The van der Waals surface area contributed by atoms with Crippen molar-refractivity contribution in [1.29, 1.82) is 0 Å². The Morgan fingerprint density at radius 3 is 1.91 bits per heavy atom. The second-order valence-electron chi connectivity index (χ2n) is 6.80. The van der Waals surface area contributed by atoms with E-state index >= 15 is 0 Å². The fourth-order valence-corrected chi connectivity index (χ4v) is 2.73. The van der Waals surface area contributed by atoms with Crippen molar-refractivity contribution in [3.05, 3.63) is 36.4 Å². The molecular weight excluding hydrogens is 292 g/mol. The number of hydrogen-bond donors (Lipinski definition) is 0. The largest absolute Gasteiger partial charge is 0.543 e. The van der Waals surface area contributed by atoms with Crippen LogP contribution >= 0.6 is 0 Å². The highest BCUT2D eigenvalue weighted by Crippen LogP contribution is 2.39. The summed E-state index contributed by atoms with van der Waals surface area (Å²) in [6.45, 7) is 19.9. The van der Waals surface area contributed by atoms with Crippen molar-refractivity contribution in [2.24, 2.45) is 0 Å². The molecule has 0 spiro atoms. The zero-order valence-electron chi connectivity index (χ0n) is 14.4. The van der Waals surface area contributed by atoms with Gasteiger partial charge in [-0.1, -0.05) is 46.1 Å². The predicted octanol–water partition coefficient (Wildman–Crippen LogP) is 5.28. The van der Waals surface area contributed by atoms with E-state index in [1.165, 1.54) is 6.92 Å². The zero-order chi connectivity index (χ0) is 17.1. The number of hydrogen-bond acceptors (Lipinski definition) is 3. The average Bonchev–Trinajstić information content (AvgIpc) is 2.37. The minimum absolute atomic E-state index is 0.101. The van der Waals surface area contributed by atoms with Crippen molar-refractivity contribution in [2.75, 3.05) is 0 Å².